The Morgan fingerprint density at radius 1 is 1.31 bits per heavy atom. The number of nitrogens with zero attached hydrogens (tertiary/aromatic N) is 5. The van der Waals surface area contributed by atoms with Crippen molar-refractivity contribution in [2.75, 3.05) is 19.7 Å². The number of piperidine rings is 1. The lowest BCUT2D eigenvalue weighted by molar-refractivity contribution is 0.214. The molecule has 1 saturated heterocycles. The van der Waals surface area contributed by atoms with Crippen LogP contribution in [-0.2, 0) is 7.05 Å². The summed E-state index contributed by atoms with van der Waals surface area (Å²) < 4.78 is 7.93. The molecule has 4 heterocycles. The topological polar surface area (TPSA) is 77.8 Å². The van der Waals surface area contributed by atoms with E-state index in [0.717, 1.165) is 35.6 Å². The van der Waals surface area contributed by atoms with Crippen molar-refractivity contribution < 1.29 is 4.74 Å². The molecule has 8 heteroatoms. The van der Waals surface area contributed by atoms with Crippen LogP contribution in [0.4, 0.5) is 0 Å². The molecular weight excluding hydrogens is 352 g/mol. The van der Waals surface area contributed by atoms with Crippen molar-refractivity contribution in [2.24, 2.45) is 13.0 Å². The van der Waals surface area contributed by atoms with Crippen molar-refractivity contribution in [3.05, 3.63) is 30.4 Å². The Bertz CT molecular complexity index is 891. The molecule has 0 amide bonds. The van der Waals surface area contributed by atoms with Crippen molar-refractivity contribution in [1.82, 2.24) is 30.0 Å². The molecule has 0 aliphatic carbocycles. The maximum Gasteiger partial charge on any atom is 0.242 e. The molecule has 1 aliphatic heterocycles. The monoisotopic (exact) mass is 374 g/mol. The van der Waals surface area contributed by atoms with Gasteiger partial charge in [0.05, 0.1) is 24.0 Å². The summed E-state index contributed by atoms with van der Waals surface area (Å²) in [7, 11) is 1.92. The highest BCUT2D eigenvalue weighted by atomic mass is 35.5. The third-order valence-electron chi connectivity index (χ3n) is 4.79. The summed E-state index contributed by atoms with van der Waals surface area (Å²) in [6.07, 6.45) is 7.56. The zero-order valence-electron chi connectivity index (χ0n) is 15.0. The lowest BCUT2D eigenvalue weighted by atomic mass is 10.0. The number of pyridine rings is 1. The fourth-order valence-electron chi connectivity index (χ4n) is 3.20. The predicted molar refractivity (Wildman–Crippen MR) is 103 cm³/mol. The fourth-order valence-corrected chi connectivity index (χ4v) is 3.20. The minimum Gasteiger partial charge on any atom is -0.476 e. The van der Waals surface area contributed by atoms with Gasteiger partial charge in [-0.15, -0.1) is 12.4 Å². The standard InChI is InChI=1S/C18H22N6O.ClH/c1-12-14(10-22-24(12)2)15-8-16-17(21-7-6-20-16)18(23-15)25-11-13-4-3-5-19-9-13;/h6-8,10,13,19H,3-5,9,11H2,1-2H3;1H/t13-;/m0./s1. The number of ether oxygens (including phenoxy) is 1. The normalized spacial score (nSPS) is 17.1. The average Bonchev–Trinajstić information content (AvgIpc) is 2.99. The van der Waals surface area contributed by atoms with E-state index in [1.807, 2.05) is 30.9 Å². The molecule has 0 spiro atoms. The first-order valence-electron chi connectivity index (χ1n) is 8.66. The van der Waals surface area contributed by atoms with Gasteiger partial charge in [-0.3, -0.25) is 9.67 Å². The van der Waals surface area contributed by atoms with Gasteiger partial charge in [0.1, 0.15) is 0 Å². The van der Waals surface area contributed by atoms with E-state index in [0.29, 0.717) is 23.9 Å². The molecule has 7 nitrogen and oxygen atoms in total. The summed E-state index contributed by atoms with van der Waals surface area (Å²) in [5.41, 5.74) is 4.34. The molecule has 0 bridgehead atoms. The largest absolute Gasteiger partial charge is 0.476 e. The smallest absolute Gasteiger partial charge is 0.242 e. The van der Waals surface area contributed by atoms with Crippen molar-refractivity contribution in [2.45, 2.75) is 19.8 Å². The Hall–Kier alpha value is -2.25. The van der Waals surface area contributed by atoms with E-state index < -0.39 is 0 Å². The van der Waals surface area contributed by atoms with Crippen LogP contribution in [0.1, 0.15) is 18.5 Å². The maximum atomic E-state index is 6.09. The minimum atomic E-state index is 0. The van der Waals surface area contributed by atoms with E-state index in [2.05, 4.69) is 20.4 Å². The summed E-state index contributed by atoms with van der Waals surface area (Å²) in [4.78, 5) is 13.6. The van der Waals surface area contributed by atoms with Crippen molar-refractivity contribution in [1.29, 1.82) is 0 Å². The molecule has 1 aliphatic rings. The van der Waals surface area contributed by atoms with E-state index >= 15 is 0 Å². The first-order valence-corrected chi connectivity index (χ1v) is 8.66. The third-order valence-corrected chi connectivity index (χ3v) is 4.79. The van der Waals surface area contributed by atoms with Crippen LogP contribution in [0, 0.1) is 12.8 Å². The van der Waals surface area contributed by atoms with Crippen molar-refractivity contribution >= 4 is 23.4 Å². The summed E-state index contributed by atoms with van der Waals surface area (Å²) in [5, 5.41) is 7.73. The van der Waals surface area contributed by atoms with Gasteiger partial charge in [-0.1, -0.05) is 0 Å². The summed E-state index contributed by atoms with van der Waals surface area (Å²) >= 11 is 0. The Balaban J connectivity index is 0.00000196. The molecule has 1 fully saturated rings. The molecule has 4 rings (SSSR count). The zero-order chi connectivity index (χ0) is 17.2. The summed E-state index contributed by atoms with van der Waals surface area (Å²) in [6.45, 7) is 4.75. The lowest BCUT2D eigenvalue weighted by Crippen LogP contribution is -2.33. The van der Waals surface area contributed by atoms with E-state index in [9.17, 15) is 0 Å². The molecule has 3 aromatic rings. The van der Waals surface area contributed by atoms with Gasteiger partial charge < -0.3 is 10.1 Å². The Kier molecular flexibility index (Phi) is 5.68. The second-order valence-electron chi connectivity index (χ2n) is 6.53. The van der Waals surface area contributed by atoms with Gasteiger partial charge in [-0.05, 0) is 32.4 Å². The van der Waals surface area contributed by atoms with Crippen LogP contribution in [0.5, 0.6) is 5.88 Å². The molecule has 0 unspecified atom stereocenters. The highest BCUT2D eigenvalue weighted by Crippen LogP contribution is 2.28. The summed E-state index contributed by atoms with van der Waals surface area (Å²) in [5.74, 6) is 1.06. The predicted octanol–water partition coefficient (Wildman–Crippen LogP) is 2.53. The zero-order valence-corrected chi connectivity index (χ0v) is 15.8. The molecular formula is C18H23ClN6O. The van der Waals surface area contributed by atoms with Gasteiger partial charge in [0, 0.05) is 43.2 Å². The van der Waals surface area contributed by atoms with E-state index in [-0.39, 0.29) is 12.4 Å². The number of halogens is 1. The van der Waals surface area contributed by atoms with E-state index in [1.165, 1.54) is 12.8 Å². The quantitative estimate of drug-likeness (QED) is 0.756. The number of fused-ring (bicyclic) bond motifs is 1. The number of hydrogen-bond acceptors (Lipinski definition) is 6. The second-order valence-corrected chi connectivity index (χ2v) is 6.53. The highest BCUT2D eigenvalue weighted by molar-refractivity contribution is 5.85. The number of hydrogen-bond donors (Lipinski definition) is 1. The minimum absolute atomic E-state index is 0. The van der Waals surface area contributed by atoms with Crippen LogP contribution in [0.25, 0.3) is 22.3 Å². The fraction of sp³-hybridized carbons (Fsp3) is 0.444. The number of rotatable bonds is 4. The van der Waals surface area contributed by atoms with E-state index in [4.69, 9.17) is 9.72 Å². The Morgan fingerprint density at radius 3 is 2.88 bits per heavy atom. The maximum absolute atomic E-state index is 6.09. The van der Waals surface area contributed by atoms with Crippen LogP contribution >= 0.6 is 12.4 Å². The first kappa shape index (κ1) is 18.5. The van der Waals surface area contributed by atoms with Gasteiger partial charge in [0.25, 0.3) is 0 Å². The second kappa shape index (κ2) is 7.97. The highest BCUT2D eigenvalue weighted by Gasteiger charge is 2.17. The van der Waals surface area contributed by atoms with Crippen LogP contribution in [0.15, 0.2) is 24.7 Å². The average molecular weight is 375 g/mol. The lowest BCUT2D eigenvalue weighted by Gasteiger charge is -2.22. The molecule has 138 valence electrons. The number of aryl methyl sites for hydroxylation is 1. The van der Waals surface area contributed by atoms with Crippen molar-refractivity contribution in [3.8, 4) is 17.1 Å². The number of aromatic nitrogens is 5. The van der Waals surface area contributed by atoms with Crippen LogP contribution in [0.3, 0.4) is 0 Å². The van der Waals surface area contributed by atoms with Gasteiger partial charge >= 0.3 is 0 Å². The number of nitrogens with one attached hydrogen (secondary N) is 1. The van der Waals surface area contributed by atoms with Crippen LogP contribution in [-0.4, -0.2) is 44.4 Å². The van der Waals surface area contributed by atoms with Gasteiger partial charge in [-0.2, -0.15) is 5.10 Å². The molecule has 1 atom stereocenters. The van der Waals surface area contributed by atoms with Crippen molar-refractivity contribution in [3.63, 3.8) is 0 Å². The molecule has 0 saturated carbocycles. The molecule has 3 aromatic heterocycles. The van der Waals surface area contributed by atoms with Gasteiger partial charge in [-0.25, -0.2) is 9.97 Å². The SMILES string of the molecule is Cc1c(-c2cc3nccnc3c(OC[C@H]3CCCNC3)n2)cnn1C.Cl. The Morgan fingerprint density at radius 2 is 2.15 bits per heavy atom. The van der Waals surface area contributed by atoms with Crippen LogP contribution in [0.2, 0.25) is 0 Å². The summed E-state index contributed by atoms with van der Waals surface area (Å²) in [6, 6.07) is 1.95. The first-order chi connectivity index (χ1) is 12.2. The van der Waals surface area contributed by atoms with Gasteiger partial charge in [0.2, 0.25) is 5.88 Å². The van der Waals surface area contributed by atoms with E-state index in [1.54, 1.807) is 12.4 Å². The van der Waals surface area contributed by atoms with Crippen LogP contribution < -0.4 is 10.1 Å². The Labute approximate surface area is 158 Å². The molecule has 26 heavy (non-hydrogen) atoms. The molecule has 0 aromatic carbocycles. The molecule has 0 radical (unpaired) electrons. The third kappa shape index (κ3) is 3.64. The van der Waals surface area contributed by atoms with Gasteiger partial charge in [0.15, 0.2) is 5.52 Å². The molecule has 1 N–H and O–H groups in total.